The van der Waals surface area contributed by atoms with Gasteiger partial charge in [0.05, 0.1) is 0 Å². The van der Waals surface area contributed by atoms with E-state index in [4.69, 9.17) is 9.47 Å². The van der Waals surface area contributed by atoms with Crippen LogP contribution < -0.4 is 0 Å². The fourth-order valence-electron chi connectivity index (χ4n) is 1.98. The molecule has 0 atom stereocenters. The van der Waals surface area contributed by atoms with Gasteiger partial charge in [0.25, 0.3) is 0 Å². The molecule has 2 heteroatoms. The van der Waals surface area contributed by atoms with Crippen molar-refractivity contribution in [3.05, 3.63) is 60.2 Å². The van der Waals surface area contributed by atoms with Gasteiger partial charge in [-0.15, -0.1) is 0 Å². The second kappa shape index (κ2) is 4.32. The molecule has 0 saturated carbocycles. The predicted molar refractivity (Wildman–Crippen MR) is 66.3 cm³/mol. The normalized spacial score (nSPS) is 23.1. The summed E-state index contributed by atoms with van der Waals surface area (Å²) < 4.78 is 10.9. The lowest BCUT2D eigenvalue weighted by atomic mass is 10.0. The summed E-state index contributed by atoms with van der Waals surface area (Å²) in [5.74, 6) is 0. The van der Waals surface area contributed by atoms with Crippen molar-refractivity contribution in [3.63, 3.8) is 0 Å². The summed E-state index contributed by atoms with van der Waals surface area (Å²) in [7, 11) is 0. The molecule has 0 radical (unpaired) electrons. The van der Waals surface area contributed by atoms with Crippen LogP contribution in [0.25, 0.3) is 11.1 Å². The van der Waals surface area contributed by atoms with Crippen LogP contribution in [0.5, 0.6) is 0 Å². The quantitative estimate of drug-likeness (QED) is 0.776. The molecule has 2 aromatic carbocycles. The van der Waals surface area contributed by atoms with Crippen LogP contribution in [-0.2, 0) is 9.47 Å². The molecular weight excluding hydrogens is 212 g/mol. The van der Waals surface area contributed by atoms with Crippen molar-refractivity contribution in [2.75, 3.05) is 0 Å². The van der Waals surface area contributed by atoms with Gasteiger partial charge in [0.1, 0.15) is 0 Å². The van der Waals surface area contributed by atoms with Crippen molar-refractivity contribution in [1.29, 1.82) is 0 Å². The van der Waals surface area contributed by atoms with Crippen LogP contribution in [-0.4, -0.2) is 6.29 Å². The first-order valence-electron chi connectivity index (χ1n) is 5.79. The zero-order chi connectivity index (χ0) is 11.7. The lowest BCUT2D eigenvalue weighted by Gasteiger charge is -2.33. The molecule has 0 N–H and O–H groups in total. The molecule has 1 aliphatic heterocycles. The lowest BCUT2D eigenvalue weighted by Crippen LogP contribution is -2.31. The molecule has 1 fully saturated rings. The van der Waals surface area contributed by atoms with Gasteiger partial charge in [-0.05, 0) is 18.1 Å². The van der Waals surface area contributed by atoms with E-state index in [2.05, 4.69) is 36.4 Å². The fraction of sp³-hybridized carbons (Fsp3) is 0.200. The van der Waals surface area contributed by atoms with E-state index in [0.29, 0.717) is 0 Å². The van der Waals surface area contributed by atoms with E-state index in [1.165, 1.54) is 11.1 Å². The first-order chi connectivity index (χ1) is 8.33. The summed E-state index contributed by atoms with van der Waals surface area (Å²) in [5.41, 5.74) is 3.51. The summed E-state index contributed by atoms with van der Waals surface area (Å²) in [6.07, 6.45) is -0.261. The van der Waals surface area contributed by atoms with Gasteiger partial charge in [-0.2, -0.15) is 0 Å². The number of benzene rings is 2. The maximum atomic E-state index is 5.45. The van der Waals surface area contributed by atoms with Gasteiger partial charge < -0.3 is 9.47 Å². The number of rotatable bonds is 2. The highest BCUT2D eigenvalue weighted by atomic mass is 16.9. The highest BCUT2D eigenvalue weighted by molar-refractivity contribution is 5.63. The molecule has 0 aromatic heterocycles. The minimum absolute atomic E-state index is 0.0752. The fourth-order valence-corrected chi connectivity index (χ4v) is 1.98. The van der Waals surface area contributed by atoms with Crippen LogP contribution in [0.15, 0.2) is 54.6 Å². The van der Waals surface area contributed by atoms with Crippen molar-refractivity contribution >= 4 is 0 Å². The summed E-state index contributed by atoms with van der Waals surface area (Å²) in [5, 5.41) is 0. The smallest absolute Gasteiger partial charge is 0.189 e. The first kappa shape index (κ1) is 10.5. The molecule has 17 heavy (non-hydrogen) atoms. The Labute approximate surface area is 101 Å². The molecule has 1 heterocycles. The second-order valence-electron chi connectivity index (χ2n) is 4.16. The topological polar surface area (TPSA) is 18.5 Å². The second-order valence-corrected chi connectivity index (χ2v) is 4.16. The van der Waals surface area contributed by atoms with Crippen molar-refractivity contribution in [2.45, 2.75) is 19.5 Å². The van der Waals surface area contributed by atoms with E-state index in [-0.39, 0.29) is 12.6 Å². The Morgan fingerprint density at radius 2 is 1.35 bits per heavy atom. The summed E-state index contributed by atoms with van der Waals surface area (Å²) >= 11 is 0. The van der Waals surface area contributed by atoms with Crippen molar-refractivity contribution < 1.29 is 9.47 Å². The monoisotopic (exact) mass is 226 g/mol. The van der Waals surface area contributed by atoms with Crippen molar-refractivity contribution in [1.82, 2.24) is 0 Å². The number of ether oxygens (including phenoxy) is 2. The Bertz CT molecular complexity index is 484. The minimum Gasteiger partial charge on any atom is -0.320 e. The van der Waals surface area contributed by atoms with E-state index in [9.17, 15) is 0 Å². The first-order valence-corrected chi connectivity index (χ1v) is 5.79. The number of hydrogen-bond donors (Lipinski definition) is 0. The third kappa shape index (κ3) is 2.09. The van der Waals surface area contributed by atoms with E-state index in [0.717, 1.165) is 5.56 Å². The van der Waals surface area contributed by atoms with E-state index in [1.54, 1.807) is 0 Å². The Hall–Kier alpha value is -1.64. The van der Waals surface area contributed by atoms with Crippen molar-refractivity contribution in [2.24, 2.45) is 0 Å². The molecule has 0 bridgehead atoms. The Morgan fingerprint density at radius 3 is 1.94 bits per heavy atom. The SMILES string of the molecule is CC1OC(c2ccc(-c3ccccc3)cc2)O1. The molecule has 3 rings (SSSR count). The Kier molecular flexibility index (Phi) is 2.67. The maximum absolute atomic E-state index is 5.45. The van der Waals surface area contributed by atoms with Gasteiger partial charge in [0.2, 0.25) is 0 Å². The van der Waals surface area contributed by atoms with Gasteiger partial charge in [-0.1, -0.05) is 54.6 Å². The molecule has 0 spiro atoms. The standard InChI is InChI=1S/C15H14O2/c1-11-16-15(17-11)14-9-7-13(8-10-14)12-5-3-2-4-6-12/h2-11,15H,1H3. The summed E-state index contributed by atoms with van der Waals surface area (Å²) in [4.78, 5) is 0. The average Bonchev–Trinajstić information content (AvgIpc) is 2.36. The van der Waals surface area contributed by atoms with E-state index in [1.807, 2.05) is 25.1 Å². The Balaban J connectivity index is 1.81. The molecule has 1 saturated heterocycles. The van der Waals surface area contributed by atoms with Crippen LogP contribution in [0.1, 0.15) is 18.8 Å². The number of hydrogen-bond acceptors (Lipinski definition) is 2. The predicted octanol–water partition coefficient (Wildman–Crippen LogP) is 3.75. The van der Waals surface area contributed by atoms with Gasteiger partial charge in [0, 0.05) is 5.56 Å². The molecule has 2 aromatic rings. The average molecular weight is 226 g/mol. The molecule has 0 amide bonds. The molecule has 2 nitrogen and oxygen atoms in total. The lowest BCUT2D eigenvalue weighted by molar-refractivity contribution is -0.382. The van der Waals surface area contributed by atoms with E-state index >= 15 is 0 Å². The minimum atomic E-state index is -0.185. The van der Waals surface area contributed by atoms with Crippen LogP contribution in [0.4, 0.5) is 0 Å². The van der Waals surface area contributed by atoms with Crippen LogP contribution in [0, 0.1) is 0 Å². The third-order valence-electron chi connectivity index (χ3n) is 2.92. The van der Waals surface area contributed by atoms with Crippen LogP contribution in [0.2, 0.25) is 0 Å². The molecule has 1 aliphatic rings. The van der Waals surface area contributed by atoms with Crippen LogP contribution >= 0.6 is 0 Å². The summed E-state index contributed by atoms with van der Waals surface area (Å²) in [6, 6.07) is 18.6. The zero-order valence-electron chi connectivity index (χ0n) is 9.67. The Morgan fingerprint density at radius 1 is 0.765 bits per heavy atom. The highest BCUT2D eigenvalue weighted by Gasteiger charge is 2.28. The summed E-state index contributed by atoms with van der Waals surface area (Å²) in [6.45, 7) is 1.90. The third-order valence-corrected chi connectivity index (χ3v) is 2.92. The van der Waals surface area contributed by atoms with Gasteiger partial charge in [-0.3, -0.25) is 0 Å². The molecule has 0 unspecified atom stereocenters. The molecular formula is C15H14O2. The van der Waals surface area contributed by atoms with Gasteiger partial charge >= 0.3 is 0 Å². The maximum Gasteiger partial charge on any atom is 0.189 e. The van der Waals surface area contributed by atoms with Crippen molar-refractivity contribution in [3.8, 4) is 11.1 Å². The molecule has 86 valence electrons. The van der Waals surface area contributed by atoms with Gasteiger partial charge in [0.15, 0.2) is 12.6 Å². The largest absolute Gasteiger partial charge is 0.320 e. The van der Waals surface area contributed by atoms with E-state index < -0.39 is 0 Å². The zero-order valence-corrected chi connectivity index (χ0v) is 9.67. The molecule has 0 aliphatic carbocycles. The van der Waals surface area contributed by atoms with Gasteiger partial charge in [-0.25, -0.2) is 0 Å². The van der Waals surface area contributed by atoms with Crippen LogP contribution in [0.3, 0.4) is 0 Å². The highest BCUT2D eigenvalue weighted by Crippen LogP contribution is 2.32.